The van der Waals surface area contributed by atoms with Gasteiger partial charge in [-0.05, 0) is 262 Å². The zero-order valence-electron chi connectivity index (χ0n) is 64.1. The maximum absolute atomic E-state index is 13.8. The Kier molecular flexibility index (Phi) is 26.9. The summed E-state index contributed by atoms with van der Waals surface area (Å²) in [5, 5.41) is 23.1. The molecule has 4 aromatic carbocycles. The summed E-state index contributed by atoms with van der Waals surface area (Å²) in [6.07, 6.45) is 30.5. The van der Waals surface area contributed by atoms with E-state index in [0.29, 0.717) is 58.1 Å². The van der Waals surface area contributed by atoms with Gasteiger partial charge in [0.25, 0.3) is 0 Å². The Hall–Kier alpha value is -6.56. The van der Waals surface area contributed by atoms with Crippen molar-refractivity contribution in [3.63, 3.8) is 0 Å². The maximum atomic E-state index is 13.8. The molecule has 4 aromatic rings. The largest absolute Gasteiger partial charge is 0.508 e. The Morgan fingerprint density at radius 3 is 1.04 bits per heavy atom. The highest BCUT2D eigenvalue weighted by Gasteiger charge is 2.48. The summed E-state index contributed by atoms with van der Waals surface area (Å²) in [6.45, 7) is 35.0. The molecule has 0 spiro atoms. The zero-order valence-corrected chi connectivity index (χ0v) is 64.1. The molecule has 2 fully saturated rings. The second-order valence-electron chi connectivity index (χ2n) is 33.1. The predicted molar refractivity (Wildman–Crippen MR) is 401 cm³/mol. The number of hydrogen-bond acceptors (Lipinski definition) is 12. The van der Waals surface area contributed by atoms with Crippen LogP contribution in [0.25, 0.3) is 0 Å². The molecule has 2 N–H and O–H groups in total. The third-order valence-electron chi connectivity index (χ3n) is 23.6. The van der Waals surface area contributed by atoms with Crippen molar-refractivity contribution in [2.24, 2.45) is 47.3 Å². The fourth-order valence-electron chi connectivity index (χ4n) is 18.1. The number of aromatic hydroxyl groups is 2. The molecule has 0 amide bonds. The molecule has 12 nitrogen and oxygen atoms in total. The highest BCUT2D eigenvalue weighted by Crippen LogP contribution is 2.57. The molecule has 10 atom stereocenters. The molecule has 6 aliphatic rings. The van der Waals surface area contributed by atoms with Gasteiger partial charge in [-0.3, -0.25) is 0 Å². The molecule has 10 rings (SSSR count). The third kappa shape index (κ3) is 18.8. The number of ether oxygens (including phenoxy) is 6. The van der Waals surface area contributed by atoms with E-state index in [1.807, 2.05) is 36.4 Å². The average molecular weight is 1370 g/mol. The predicted octanol–water partition coefficient (Wildman–Crippen LogP) is 22.3. The molecule has 0 unspecified atom stereocenters. The lowest BCUT2D eigenvalue weighted by Crippen LogP contribution is -2.45. The summed E-state index contributed by atoms with van der Waals surface area (Å²) in [6, 6.07) is 15.5. The molecule has 0 saturated heterocycles. The van der Waals surface area contributed by atoms with E-state index in [2.05, 4.69) is 135 Å². The van der Waals surface area contributed by atoms with Crippen LogP contribution >= 0.6 is 0 Å². The van der Waals surface area contributed by atoms with E-state index in [4.69, 9.17) is 28.4 Å². The van der Waals surface area contributed by atoms with E-state index in [0.717, 1.165) is 212 Å². The van der Waals surface area contributed by atoms with Crippen LogP contribution in [0.4, 0.5) is 0 Å². The van der Waals surface area contributed by atoms with Gasteiger partial charge in [0.2, 0.25) is 0 Å². The number of carbonyl (C=O) groups excluding carboxylic acids is 4. The Morgan fingerprint density at radius 2 is 0.740 bits per heavy atom. The van der Waals surface area contributed by atoms with Crippen molar-refractivity contribution in [2.75, 3.05) is 0 Å². The van der Waals surface area contributed by atoms with Gasteiger partial charge < -0.3 is 38.6 Å². The van der Waals surface area contributed by atoms with Crippen molar-refractivity contribution >= 4 is 23.9 Å². The van der Waals surface area contributed by atoms with E-state index in [1.165, 1.54) is 11.1 Å². The number of phenolic OH excluding ortho intramolecular Hbond substituents is 2. The van der Waals surface area contributed by atoms with Gasteiger partial charge in [-0.15, -0.1) is 0 Å². The van der Waals surface area contributed by atoms with E-state index in [1.54, 1.807) is 0 Å². The van der Waals surface area contributed by atoms with Crippen LogP contribution < -0.4 is 28.4 Å². The molecule has 4 aliphatic carbocycles. The van der Waals surface area contributed by atoms with Crippen molar-refractivity contribution in [3.05, 3.63) is 116 Å². The second kappa shape index (κ2) is 34.6. The van der Waals surface area contributed by atoms with Crippen LogP contribution in [0.15, 0.2) is 71.8 Å². The number of hydrogen-bond donors (Lipinski definition) is 2. The molecule has 2 heterocycles. The first-order valence-corrected chi connectivity index (χ1v) is 39.3. The standard InChI is InChI=1S/2C44H62O6/c2*1-9-11-13-15-30-23-36(45)40(33-21-28(5)17-19-32(33)27(3)4)37(24-30)48-42(46)43(47)49-38-25-31(16-14-12-10-2)26-39-41(38)34-22-29(6)18-20-35(34)44(7,8)50-39/h2*22-28,32-35,45H,9-21H2,1-8H3/t28-,32+,33-,34-,35-;28-,32-,33+,34+,35+/m10/s1. The van der Waals surface area contributed by atoms with Crippen LogP contribution in [0, 0.1) is 47.3 Å². The molecular formula is C88H124O12. The SMILES string of the molecule is CCCCCc1cc(OC(=O)C(=O)Oc2cc(CCCCC)cc(O)c2[C@@H]2C[C@@H](C)CC[C@H]2C(C)C)c2c(c1)OC(C)(C)[C@@H]1CCC(C)=C[C@@H]21.CCCCCc1cc(OC(=O)C(=O)Oc2cc(CCCCC)cc(O)c2[C@@H]2C[C@H](C)CC[C@H]2C(C)C)c2c(c1)OC(C)(C)[C@@H]1CCC(C)=C[C@@H]21. The Morgan fingerprint density at radius 1 is 0.440 bits per heavy atom. The summed E-state index contributed by atoms with van der Waals surface area (Å²) in [5.74, 6) is 1.73. The summed E-state index contributed by atoms with van der Waals surface area (Å²) in [7, 11) is 0. The molecule has 0 aromatic heterocycles. The minimum atomic E-state index is -1.07. The summed E-state index contributed by atoms with van der Waals surface area (Å²) in [4.78, 5) is 55.2. The highest BCUT2D eigenvalue weighted by molar-refractivity contribution is 6.31. The third-order valence-corrected chi connectivity index (χ3v) is 23.6. The van der Waals surface area contributed by atoms with Gasteiger partial charge in [-0.2, -0.15) is 0 Å². The van der Waals surface area contributed by atoms with Gasteiger partial charge in [0, 0.05) is 45.9 Å². The first kappa shape index (κ1) is 77.6. The molecule has 2 aliphatic heterocycles. The summed E-state index contributed by atoms with van der Waals surface area (Å²) in [5.41, 5.74) is 8.66. The molecule has 2 saturated carbocycles. The van der Waals surface area contributed by atoms with Crippen LogP contribution in [-0.2, 0) is 44.9 Å². The van der Waals surface area contributed by atoms with E-state index in [-0.39, 0.29) is 69.7 Å². The normalized spacial score (nSPS) is 24.1. The van der Waals surface area contributed by atoms with Gasteiger partial charge in [0.15, 0.2) is 0 Å². The summed E-state index contributed by atoms with van der Waals surface area (Å²) >= 11 is 0. The number of carbonyl (C=O) groups is 4. The number of fused-ring (bicyclic) bond motifs is 6. The minimum Gasteiger partial charge on any atom is -0.508 e. The van der Waals surface area contributed by atoms with Crippen LogP contribution in [-0.4, -0.2) is 45.3 Å². The number of benzene rings is 4. The highest BCUT2D eigenvalue weighted by atomic mass is 16.6. The molecule has 12 heteroatoms. The smallest absolute Gasteiger partial charge is 0.423 e. The number of rotatable bonds is 24. The van der Waals surface area contributed by atoms with Gasteiger partial charge in [-0.1, -0.05) is 157 Å². The number of aryl methyl sites for hydroxylation is 4. The van der Waals surface area contributed by atoms with Crippen LogP contribution in [0.5, 0.6) is 46.0 Å². The number of unbranched alkanes of at least 4 members (excludes halogenated alkanes) is 8. The zero-order chi connectivity index (χ0) is 72.3. The van der Waals surface area contributed by atoms with Gasteiger partial charge >= 0.3 is 23.9 Å². The molecule has 0 bridgehead atoms. The average Bonchev–Trinajstić information content (AvgIpc) is 0.749. The topological polar surface area (TPSA) is 164 Å². The fraction of sp³-hybridized carbons (Fsp3) is 0.636. The Labute approximate surface area is 600 Å². The van der Waals surface area contributed by atoms with Crippen molar-refractivity contribution < 1.29 is 57.8 Å². The first-order chi connectivity index (χ1) is 47.6. The lowest BCUT2D eigenvalue weighted by Gasteiger charge is -2.46. The summed E-state index contributed by atoms with van der Waals surface area (Å²) < 4.78 is 37.5. The van der Waals surface area contributed by atoms with Gasteiger partial charge in [0.05, 0.1) is 0 Å². The molecule has 100 heavy (non-hydrogen) atoms. The quantitative estimate of drug-likeness (QED) is 0.0225. The van der Waals surface area contributed by atoms with E-state index < -0.39 is 23.9 Å². The van der Waals surface area contributed by atoms with Gasteiger partial charge in [0.1, 0.15) is 57.2 Å². The fourth-order valence-corrected chi connectivity index (χ4v) is 18.1. The number of phenols is 2. The van der Waals surface area contributed by atoms with Crippen molar-refractivity contribution in [3.8, 4) is 46.0 Å². The second-order valence-corrected chi connectivity index (χ2v) is 33.1. The van der Waals surface area contributed by atoms with E-state index in [9.17, 15) is 29.4 Å². The van der Waals surface area contributed by atoms with Gasteiger partial charge in [-0.25, -0.2) is 19.2 Å². The van der Waals surface area contributed by atoms with Crippen LogP contribution in [0.2, 0.25) is 0 Å². The monoisotopic (exact) mass is 1370 g/mol. The van der Waals surface area contributed by atoms with Crippen molar-refractivity contribution in [2.45, 2.75) is 313 Å². The lowest BCUT2D eigenvalue weighted by molar-refractivity contribution is -0.156. The number of allylic oxidation sites excluding steroid dienone is 4. The first-order valence-electron chi connectivity index (χ1n) is 39.3. The van der Waals surface area contributed by atoms with Crippen molar-refractivity contribution in [1.82, 2.24) is 0 Å². The van der Waals surface area contributed by atoms with Crippen molar-refractivity contribution in [1.29, 1.82) is 0 Å². The Balaban J connectivity index is 0.000000233. The van der Waals surface area contributed by atoms with E-state index >= 15 is 0 Å². The molecule has 548 valence electrons. The lowest BCUT2D eigenvalue weighted by atomic mass is 9.67. The maximum Gasteiger partial charge on any atom is 0.423 e. The molecular weight excluding hydrogens is 1250 g/mol. The van der Waals surface area contributed by atoms with Crippen LogP contribution in [0.1, 0.15) is 320 Å². The Bertz CT molecular complexity index is 3330. The minimum absolute atomic E-state index is 0.00984. The van der Waals surface area contributed by atoms with Crippen LogP contribution in [0.3, 0.4) is 0 Å². The number of esters is 4. The molecule has 0 radical (unpaired) electrons.